The van der Waals surface area contributed by atoms with Crippen molar-refractivity contribution in [3.8, 4) is 5.69 Å². The molecule has 162 valence electrons. The minimum atomic E-state index is -3.96. The lowest BCUT2D eigenvalue weighted by Gasteiger charge is -2.08. The van der Waals surface area contributed by atoms with Crippen LogP contribution in [0.25, 0.3) is 5.69 Å². The zero-order valence-electron chi connectivity index (χ0n) is 16.8. The Morgan fingerprint density at radius 1 is 1.13 bits per heavy atom. The lowest BCUT2D eigenvalue weighted by atomic mass is 10.2. The van der Waals surface area contributed by atoms with Crippen LogP contribution in [0.2, 0.25) is 0 Å². The third-order valence-electron chi connectivity index (χ3n) is 4.43. The minimum absolute atomic E-state index is 0.0101. The fourth-order valence-corrected chi connectivity index (χ4v) is 3.83. The number of benzene rings is 2. The maximum absolute atomic E-state index is 12.4. The predicted molar refractivity (Wildman–Crippen MR) is 111 cm³/mol. The first-order chi connectivity index (χ1) is 14.7. The van der Waals surface area contributed by atoms with Crippen molar-refractivity contribution in [1.82, 2.24) is 25.0 Å². The zero-order chi connectivity index (χ0) is 22.6. The molecule has 0 aliphatic rings. The van der Waals surface area contributed by atoms with Crippen molar-refractivity contribution in [2.75, 3.05) is 13.1 Å². The van der Waals surface area contributed by atoms with Gasteiger partial charge in [0, 0.05) is 25.2 Å². The van der Waals surface area contributed by atoms with E-state index in [0.29, 0.717) is 5.69 Å². The summed E-state index contributed by atoms with van der Waals surface area (Å²) in [6.07, 6.45) is 0. The number of rotatable bonds is 8. The van der Waals surface area contributed by atoms with Crippen molar-refractivity contribution in [3.63, 3.8) is 0 Å². The van der Waals surface area contributed by atoms with Gasteiger partial charge in [0.15, 0.2) is 5.69 Å². The molecule has 0 fully saturated rings. The summed E-state index contributed by atoms with van der Waals surface area (Å²) in [6.45, 7) is 3.55. The molecule has 12 heteroatoms. The molecule has 1 aromatic heterocycles. The third-order valence-corrected chi connectivity index (χ3v) is 5.89. The molecule has 0 saturated carbocycles. The van der Waals surface area contributed by atoms with Gasteiger partial charge in [-0.1, -0.05) is 29.0 Å². The van der Waals surface area contributed by atoms with E-state index in [1.54, 1.807) is 11.6 Å². The number of carbonyl (C=O) groups is 1. The number of hydrogen-bond donors (Lipinski definition) is 2. The summed E-state index contributed by atoms with van der Waals surface area (Å²) in [4.78, 5) is 22.3. The second-order valence-electron chi connectivity index (χ2n) is 6.68. The molecular weight excluding hydrogens is 424 g/mol. The highest BCUT2D eigenvalue weighted by molar-refractivity contribution is 7.89. The van der Waals surface area contributed by atoms with Gasteiger partial charge in [0.2, 0.25) is 10.0 Å². The van der Waals surface area contributed by atoms with Gasteiger partial charge in [-0.2, -0.15) is 0 Å². The van der Waals surface area contributed by atoms with Gasteiger partial charge in [0.05, 0.1) is 21.2 Å². The minimum Gasteiger partial charge on any atom is -0.349 e. The van der Waals surface area contributed by atoms with E-state index in [-0.39, 0.29) is 29.4 Å². The molecule has 0 radical (unpaired) electrons. The van der Waals surface area contributed by atoms with Crippen LogP contribution in [0.4, 0.5) is 5.69 Å². The molecule has 0 saturated heterocycles. The Bertz CT molecular complexity index is 1220. The van der Waals surface area contributed by atoms with Crippen molar-refractivity contribution in [2.24, 2.45) is 0 Å². The van der Waals surface area contributed by atoms with Crippen LogP contribution in [-0.2, 0) is 10.0 Å². The molecule has 0 atom stereocenters. The Morgan fingerprint density at radius 2 is 1.84 bits per heavy atom. The number of hydrogen-bond acceptors (Lipinski definition) is 7. The molecule has 11 nitrogen and oxygen atoms in total. The van der Waals surface area contributed by atoms with Gasteiger partial charge >= 0.3 is 0 Å². The van der Waals surface area contributed by atoms with E-state index >= 15 is 0 Å². The fourth-order valence-electron chi connectivity index (χ4n) is 2.76. The number of non-ortho nitro benzene ring substituents is 1. The van der Waals surface area contributed by atoms with Gasteiger partial charge in [-0.3, -0.25) is 14.9 Å². The van der Waals surface area contributed by atoms with Crippen molar-refractivity contribution in [2.45, 2.75) is 18.7 Å². The summed E-state index contributed by atoms with van der Waals surface area (Å²) in [5.41, 5.74) is 2.19. The van der Waals surface area contributed by atoms with E-state index in [1.165, 1.54) is 18.2 Å². The number of nitrogens with one attached hydrogen (secondary N) is 2. The van der Waals surface area contributed by atoms with Crippen LogP contribution in [0.5, 0.6) is 0 Å². The van der Waals surface area contributed by atoms with E-state index in [0.717, 1.165) is 17.3 Å². The van der Waals surface area contributed by atoms with Crippen LogP contribution >= 0.6 is 0 Å². The number of nitro benzene ring substituents is 1. The second-order valence-corrected chi connectivity index (χ2v) is 8.45. The maximum Gasteiger partial charge on any atom is 0.273 e. The average molecular weight is 444 g/mol. The number of carbonyl (C=O) groups excluding carboxylic acids is 1. The molecule has 0 unspecified atom stereocenters. The molecule has 3 rings (SSSR count). The first kappa shape index (κ1) is 22.1. The van der Waals surface area contributed by atoms with Gasteiger partial charge in [-0.15, -0.1) is 5.10 Å². The van der Waals surface area contributed by atoms with Gasteiger partial charge in [-0.25, -0.2) is 17.8 Å². The Labute approximate surface area is 178 Å². The summed E-state index contributed by atoms with van der Waals surface area (Å²) in [7, 11) is -3.96. The Kier molecular flexibility index (Phi) is 6.42. The molecule has 2 N–H and O–H groups in total. The number of nitrogens with zero attached hydrogens (tertiary/aromatic N) is 4. The highest BCUT2D eigenvalue weighted by atomic mass is 32.2. The average Bonchev–Trinajstić information content (AvgIpc) is 3.13. The van der Waals surface area contributed by atoms with Crippen molar-refractivity contribution >= 4 is 21.6 Å². The molecular formula is C19H20N6O5S. The van der Waals surface area contributed by atoms with E-state index in [2.05, 4.69) is 20.4 Å². The fraction of sp³-hybridized carbons (Fsp3) is 0.211. The monoisotopic (exact) mass is 444 g/mol. The van der Waals surface area contributed by atoms with Crippen LogP contribution in [0.3, 0.4) is 0 Å². The standard InChI is InChI=1S/C19H20N6O5S/c1-13-6-8-15(9-7-13)24-14(2)18(22-23-24)19(26)20-10-11-21-31(29,30)17-5-3-4-16(12-17)25(27)28/h3-9,12,21H,10-11H2,1-2H3,(H,20,26). The SMILES string of the molecule is Cc1ccc(-n2nnc(C(=O)NCCNS(=O)(=O)c3cccc([N+](=O)[O-])c3)c2C)cc1. The molecule has 0 spiro atoms. The molecule has 2 aromatic carbocycles. The normalized spacial score (nSPS) is 11.3. The first-order valence-electron chi connectivity index (χ1n) is 9.21. The maximum atomic E-state index is 12.4. The van der Waals surface area contributed by atoms with Crippen LogP contribution in [0.1, 0.15) is 21.7 Å². The number of aryl methyl sites for hydroxylation is 1. The number of nitro groups is 1. The lowest BCUT2D eigenvalue weighted by molar-refractivity contribution is -0.385. The largest absolute Gasteiger partial charge is 0.349 e. The predicted octanol–water partition coefficient (Wildman–Crippen LogP) is 1.50. The molecule has 0 aliphatic carbocycles. The van der Waals surface area contributed by atoms with Gasteiger partial charge < -0.3 is 5.32 Å². The summed E-state index contributed by atoms with van der Waals surface area (Å²) >= 11 is 0. The van der Waals surface area contributed by atoms with Gasteiger partial charge in [0.25, 0.3) is 11.6 Å². The summed E-state index contributed by atoms with van der Waals surface area (Å²) in [5.74, 6) is -0.495. The van der Waals surface area contributed by atoms with Gasteiger partial charge in [-0.05, 0) is 32.0 Å². The highest BCUT2D eigenvalue weighted by Gasteiger charge is 2.19. The van der Waals surface area contributed by atoms with Gasteiger partial charge in [0.1, 0.15) is 0 Å². The lowest BCUT2D eigenvalue weighted by Crippen LogP contribution is -2.35. The van der Waals surface area contributed by atoms with Crippen LogP contribution in [0, 0.1) is 24.0 Å². The topological polar surface area (TPSA) is 149 Å². The Balaban J connectivity index is 1.59. The van der Waals surface area contributed by atoms with E-state index in [1.807, 2.05) is 31.2 Å². The smallest absolute Gasteiger partial charge is 0.273 e. The number of aromatic nitrogens is 3. The quantitative estimate of drug-likeness (QED) is 0.304. The second kappa shape index (κ2) is 9.02. The Hall–Kier alpha value is -3.64. The van der Waals surface area contributed by atoms with Crippen LogP contribution in [0.15, 0.2) is 53.4 Å². The summed E-state index contributed by atoms with van der Waals surface area (Å²) in [6, 6.07) is 12.3. The van der Waals surface area contributed by atoms with Crippen LogP contribution < -0.4 is 10.0 Å². The molecule has 1 heterocycles. The molecule has 0 bridgehead atoms. The van der Waals surface area contributed by atoms with E-state index in [4.69, 9.17) is 0 Å². The Morgan fingerprint density at radius 3 is 2.52 bits per heavy atom. The van der Waals surface area contributed by atoms with Crippen molar-refractivity contribution < 1.29 is 18.1 Å². The molecule has 0 aliphatic heterocycles. The highest BCUT2D eigenvalue weighted by Crippen LogP contribution is 2.17. The third kappa shape index (κ3) is 5.10. The molecule has 31 heavy (non-hydrogen) atoms. The molecule has 3 aromatic rings. The van der Waals surface area contributed by atoms with E-state index < -0.39 is 20.9 Å². The number of sulfonamides is 1. The van der Waals surface area contributed by atoms with E-state index in [9.17, 15) is 23.3 Å². The summed E-state index contributed by atoms with van der Waals surface area (Å²) < 4.78 is 28.4. The van der Waals surface area contributed by atoms with Crippen LogP contribution in [-0.4, -0.2) is 47.3 Å². The van der Waals surface area contributed by atoms with Crippen molar-refractivity contribution in [1.29, 1.82) is 0 Å². The summed E-state index contributed by atoms with van der Waals surface area (Å²) in [5, 5.41) is 21.3. The first-order valence-corrected chi connectivity index (χ1v) is 10.7. The number of amides is 1. The van der Waals surface area contributed by atoms with Crippen molar-refractivity contribution in [3.05, 3.63) is 75.6 Å². The molecule has 1 amide bonds. The zero-order valence-corrected chi connectivity index (χ0v) is 17.6.